The average molecular weight is 305 g/mol. The molecule has 0 radical (unpaired) electrons. The Bertz CT molecular complexity index is 489. The van der Waals surface area contributed by atoms with Crippen LogP contribution in [-0.4, -0.2) is 71.5 Å². The highest BCUT2D eigenvalue weighted by Crippen LogP contribution is 2.11. The number of anilines is 1. The van der Waals surface area contributed by atoms with Gasteiger partial charge in [-0.05, 0) is 33.3 Å². The Morgan fingerprint density at radius 1 is 1.23 bits per heavy atom. The fourth-order valence-electron chi connectivity index (χ4n) is 2.78. The Hall–Kier alpha value is -1.69. The minimum Gasteiger partial charge on any atom is -0.342 e. The van der Waals surface area contributed by atoms with Crippen molar-refractivity contribution in [2.45, 2.75) is 27.2 Å². The third-order valence-corrected chi connectivity index (χ3v) is 4.13. The molecule has 1 aliphatic rings. The van der Waals surface area contributed by atoms with E-state index in [0.717, 1.165) is 57.3 Å². The first-order chi connectivity index (χ1) is 10.6. The maximum absolute atomic E-state index is 12.2. The lowest BCUT2D eigenvalue weighted by Gasteiger charge is -2.25. The van der Waals surface area contributed by atoms with Crippen molar-refractivity contribution in [2.24, 2.45) is 0 Å². The Morgan fingerprint density at radius 3 is 2.68 bits per heavy atom. The largest absolute Gasteiger partial charge is 0.342 e. The van der Waals surface area contributed by atoms with Gasteiger partial charge < -0.3 is 9.80 Å². The van der Waals surface area contributed by atoms with Crippen LogP contribution in [0.1, 0.15) is 26.0 Å². The molecular formula is C16H27N5O. The summed E-state index contributed by atoms with van der Waals surface area (Å²) in [5.74, 6) is 1.03. The van der Waals surface area contributed by atoms with Crippen molar-refractivity contribution in [2.75, 3.05) is 50.7 Å². The zero-order chi connectivity index (χ0) is 15.9. The van der Waals surface area contributed by atoms with Crippen molar-refractivity contribution in [3.63, 3.8) is 0 Å². The molecule has 122 valence electrons. The summed E-state index contributed by atoms with van der Waals surface area (Å²) >= 11 is 0. The second kappa shape index (κ2) is 8.08. The SMILES string of the molecule is CCN(CC)C(=O)CN1CCCN(c2nccc(C)n2)CC1. The number of rotatable bonds is 5. The first-order valence-corrected chi connectivity index (χ1v) is 8.18. The Balaban J connectivity index is 1.91. The van der Waals surface area contributed by atoms with Crippen LogP contribution in [0.15, 0.2) is 12.3 Å². The quantitative estimate of drug-likeness (QED) is 0.817. The molecule has 0 spiro atoms. The number of carbonyl (C=O) groups is 1. The van der Waals surface area contributed by atoms with Gasteiger partial charge in [0, 0.05) is 51.2 Å². The number of aromatic nitrogens is 2. The van der Waals surface area contributed by atoms with Crippen molar-refractivity contribution in [3.05, 3.63) is 18.0 Å². The first kappa shape index (κ1) is 16.7. The molecule has 0 saturated carbocycles. The molecule has 1 aromatic rings. The summed E-state index contributed by atoms with van der Waals surface area (Å²) < 4.78 is 0. The smallest absolute Gasteiger partial charge is 0.236 e. The fraction of sp³-hybridized carbons (Fsp3) is 0.688. The molecule has 1 saturated heterocycles. The maximum Gasteiger partial charge on any atom is 0.236 e. The van der Waals surface area contributed by atoms with Crippen LogP contribution in [-0.2, 0) is 4.79 Å². The molecule has 0 bridgehead atoms. The molecule has 2 heterocycles. The number of hydrogen-bond acceptors (Lipinski definition) is 5. The van der Waals surface area contributed by atoms with Crippen molar-refractivity contribution in [1.82, 2.24) is 19.8 Å². The van der Waals surface area contributed by atoms with Crippen LogP contribution in [0.4, 0.5) is 5.95 Å². The van der Waals surface area contributed by atoms with Gasteiger partial charge in [-0.1, -0.05) is 0 Å². The second-order valence-corrected chi connectivity index (χ2v) is 5.68. The third-order valence-electron chi connectivity index (χ3n) is 4.13. The minimum atomic E-state index is 0.227. The van der Waals surface area contributed by atoms with Crippen molar-refractivity contribution < 1.29 is 4.79 Å². The molecule has 6 heteroatoms. The Kier molecular flexibility index (Phi) is 6.12. The van der Waals surface area contributed by atoms with E-state index in [-0.39, 0.29) is 5.91 Å². The molecular weight excluding hydrogens is 278 g/mol. The predicted octanol–water partition coefficient (Wildman–Crippen LogP) is 1.17. The van der Waals surface area contributed by atoms with Gasteiger partial charge in [-0.2, -0.15) is 0 Å². The summed E-state index contributed by atoms with van der Waals surface area (Å²) in [4.78, 5) is 27.5. The summed E-state index contributed by atoms with van der Waals surface area (Å²) in [7, 11) is 0. The van der Waals surface area contributed by atoms with E-state index in [1.807, 2.05) is 37.9 Å². The Labute approximate surface area is 133 Å². The molecule has 2 rings (SSSR count). The molecule has 22 heavy (non-hydrogen) atoms. The highest BCUT2D eigenvalue weighted by Gasteiger charge is 2.20. The number of nitrogens with zero attached hydrogens (tertiary/aromatic N) is 5. The lowest BCUT2D eigenvalue weighted by Crippen LogP contribution is -2.41. The van der Waals surface area contributed by atoms with Gasteiger partial charge in [0.15, 0.2) is 0 Å². The highest BCUT2D eigenvalue weighted by molar-refractivity contribution is 5.78. The number of carbonyl (C=O) groups excluding carboxylic acids is 1. The summed E-state index contributed by atoms with van der Waals surface area (Å²) in [6, 6.07) is 1.91. The van der Waals surface area contributed by atoms with Gasteiger partial charge in [-0.3, -0.25) is 9.69 Å². The van der Waals surface area contributed by atoms with Crippen molar-refractivity contribution in [1.29, 1.82) is 0 Å². The van der Waals surface area contributed by atoms with Crippen LogP contribution in [0.3, 0.4) is 0 Å². The molecule has 0 aromatic carbocycles. The first-order valence-electron chi connectivity index (χ1n) is 8.18. The van der Waals surface area contributed by atoms with E-state index in [1.165, 1.54) is 0 Å². The molecule has 6 nitrogen and oxygen atoms in total. The highest BCUT2D eigenvalue weighted by atomic mass is 16.2. The van der Waals surface area contributed by atoms with Gasteiger partial charge in [0.2, 0.25) is 11.9 Å². The van der Waals surface area contributed by atoms with E-state index in [4.69, 9.17) is 0 Å². The number of hydrogen-bond donors (Lipinski definition) is 0. The lowest BCUT2D eigenvalue weighted by atomic mass is 10.3. The minimum absolute atomic E-state index is 0.227. The molecule has 0 unspecified atom stereocenters. The number of aryl methyl sites for hydroxylation is 1. The summed E-state index contributed by atoms with van der Waals surface area (Å²) in [6.07, 6.45) is 2.84. The van der Waals surface area contributed by atoms with E-state index in [2.05, 4.69) is 19.8 Å². The zero-order valence-corrected chi connectivity index (χ0v) is 14.0. The zero-order valence-electron chi connectivity index (χ0n) is 14.0. The van der Waals surface area contributed by atoms with E-state index >= 15 is 0 Å². The topological polar surface area (TPSA) is 52.6 Å². The standard InChI is InChI=1S/C16H27N5O/c1-4-20(5-2)15(22)13-19-9-6-10-21(12-11-19)16-17-8-7-14(3)18-16/h7-8H,4-6,9-13H2,1-3H3. The number of amides is 1. The van der Waals surface area contributed by atoms with Gasteiger partial charge in [0.1, 0.15) is 0 Å². The van der Waals surface area contributed by atoms with Gasteiger partial charge >= 0.3 is 0 Å². The monoisotopic (exact) mass is 305 g/mol. The molecule has 1 aliphatic heterocycles. The van der Waals surface area contributed by atoms with E-state index in [0.29, 0.717) is 6.54 Å². The molecule has 1 fully saturated rings. The molecule has 0 aliphatic carbocycles. The van der Waals surface area contributed by atoms with Gasteiger partial charge in [0.25, 0.3) is 0 Å². The number of likely N-dealkylation sites (N-methyl/N-ethyl adjacent to an activating group) is 1. The van der Waals surface area contributed by atoms with Crippen molar-refractivity contribution in [3.8, 4) is 0 Å². The lowest BCUT2D eigenvalue weighted by molar-refractivity contribution is -0.132. The van der Waals surface area contributed by atoms with E-state index < -0.39 is 0 Å². The third kappa shape index (κ3) is 4.40. The van der Waals surface area contributed by atoms with Crippen LogP contribution >= 0.6 is 0 Å². The van der Waals surface area contributed by atoms with E-state index in [1.54, 1.807) is 0 Å². The Morgan fingerprint density at radius 2 is 2.00 bits per heavy atom. The maximum atomic E-state index is 12.2. The second-order valence-electron chi connectivity index (χ2n) is 5.68. The van der Waals surface area contributed by atoms with Crippen LogP contribution in [0, 0.1) is 6.92 Å². The van der Waals surface area contributed by atoms with Crippen LogP contribution < -0.4 is 4.90 Å². The van der Waals surface area contributed by atoms with Crippen LogP contribution in [0.5, 0.6) is 0 Å². The van der Waals surface area contributed by atoms with Crippen LogP contribution in [0.25, 0.3) is 0 Å². The summed E-state index contributed by atoms with van der Waals surface area (Å²) in [5.41, 5.74) is 0.989. The van der Waals surface area contributed by atoms with Gasteiger partial charge in [-0.15, -0.1) is 0 Å². The molecule has 1 amide bonds. The molecule has 1 aromatic heterocycles. The average Bonchev–Trinajstić information content (AvgIpc) is 2.74. The van der Waals surface area contributed by atoms with Gasteiger partial charge in [-0.25, -0.2) is 9.97 Å². The summed E-state index contributed by atoms with van der Waals surface area (Å²) in [6.45, 7) is 11.8. The van der Waals surface area contributed by atoms with Gasteiger partial charge in [0.05, 0.1) is 6.54 Å². The van der Waals surface area contributed by atoms with Crippen molar-refractivity contribution >= 4 is 11.9 Å². The molecule has 0 atom stereocenters. The van der Waals surface area contributed by atoms with E-state index in [9.17, 15) is 4.79 Å². The fourth-order valence-corrected chi connectivity index (χ4v) is 2.78. The summed E-state index contributed by atoms with van der Waals surface area (Å²) in [5, 5.41) is 0. The molecule has 0 N–H and O–H groups in total. The van der Waals surface area contributed by atoms with Crippen LogP contribution in [0.2, 0.25) is 0 Å². The predicted molar refractivity (Wildman–Crippen MR) is 88.0 cm³/mol. The normalized spacial score (nSPS) is 16.4.